The summed E-state index contributed by atoms with van der Waals surface area (Å²) in [6.07, 6.45) is 1.33. The second kappa shape index (κ2) is 10.3. The van der Waals surface area contributed by atoms with Crippen LogP contribution in [0.15, 0.2) is 48.5 Å². The fourth-order valence-electron chi connectivity index (χ4n) is 3.12. The van der Waals surface area contributed by atoms with E-state index >= 15 is 0 Å². The highest BCUT2D eigenvalue weighted by Gasteiger charge is 2.15. The fraction of sp³-hybridized carbons (Fsp3) is 0.381. The third-order valence-electron chi connectivity index (χ3n) is 4.54. The van der Waals surface area contributed by atoms with Crippen molar-refractivity contribution in [1.82, 2.24) is 5.32 Å². The molecule has 6 heteroatoms. The van der Waals surface area contributed by atoms with Gasteiger partial charge in [0.05, 0.1) is 24.6 Å². The van der Waals surface area contributed by atoms with Gasteiger partial charge in [0.1, 0.15) is 0 Å². The standard InChI is InChI=1S/C21H26ClN3O2/c22-18-5-3-4-17(16-18)8-10-23-11-9-21(26)24-19-6-1-2-7-20(19)25-12-14-27-15-13-25/h1-7,16,23H,8-15H2,(H,24,26). The Hall–Kier alpha value is -2.08. The Balaban J connectivity index is 1.42. The number of ether oxygens (including phenoxy) is 1. The van der Waals surface area contributed by atoms with Crippen molar-refractivity contribution in [2.24, 2.45) is 0 Å². The molecular weight excluding hydrogens is 362 g/mol. The number of hydrogen-bond donors (Lipinski definition) is 2. The lowest BCUT2D eigenvalue weighted by atomic mass is 10.1. The zero-order valence-corrected chi connectivity index (χ0v) is 16.2. The van der Waals surface area contributed by atoms with Crippen LogP contribution in [0.4, 0.5) is 11.4 Å². The molecule has 2 aromatic carbocycles. The van der Waals surface area contributed by atoms with E-state index in [-0.39, 0.29) is 5.91 Å². The molecule has 0 unspecified atom stereocenters. The first-order valence-electron chi connectivity index (χ1n) is 9.39. The van der Waals surface area contributed by atoms with Gasteiger partial charge >= 0.3 is 0 Å². The van der Waals surface area contributed by atoms with Gasteiger partial charge < -0.3 is 20.3 Å². The highest BCUT2D eigenvalue weighted by Crippen LogP contribution is 2.26. The van der Waals surface area contributed by atoms with E-state index in [9.17, 15) is 4.79 Å². The van der Waals surface area contributed by atoms with Gasteiger partial charge in [-0.3, -0.25) is 4.79 Å². The minimum absolute atomic E-state index is 0.0194. The SMILES string of the molecule is O=C(CCNCCc1cccc(Cl)c1)Nc1ccccc1N1CCOCC1. The molecule has 0 spiro atoms. The molecule has 1 amide bonds. The molecule has 2 N–H and O–H groups in total. The van der Waals surface area contributed by atoms with Gasteiger partial charge in [0.15, 0.2) is 0 Å². The molecule has 0 aromatic heterocycles. The Morgan fingerprint density at radius 1 is 1.07 bits per heavy atom. The lowest BCUT2D eigenvalue weighted by Crippen LogP contribution is -2.36. The Morgan fingerprint density at radius 3 is 2.70 bits per heavy atom. The maximum absolute atomic E-state index is 12.3. The average molecular weight is 388 g/mol. The van der Waals surface area contributed by atoms with Crippen molar-refractivity contribution in [2.75, 3.05) is 49.6 Å². The minimum atomic E-state index is 0.0194. The number of morpholine rings is 1. The molecule has 27 heavy (non-hydrogen) atoms. The first-order valence-corrected chi connectivity index (χ1v) is 9.77. The number of amides is 1. The number of carbonyl (C=O) groups is 1. The van der Waals surface area contributed by atoms with Gasteiger partial charge in [-0.2, -0.15) is 0 Å². The van der Waals surface area contributed by atoms with Gasteiger partial charge in [0.25, 0.3) is 0 Å². The van der Waals surface area contributed by atoms with Gasteiger partial charge in [-0.25, -0.2) is 0 Å². The number of hydrogen-bond acceptors (Lipinski definition) is 4. The van der Waals surface area contributed by atoms with Crippen LogP contribution in [0.25, 0.3) is 0 Å². The zero-order chi connectivity index (χ0) is 18.9. The molecular formula is C21H26ClN3O2. The number of nitrogens with one attached hydrogen (secondary N) is 2. The Morgan fingerprint density at radius 2 is 1.89 bits per heavy atom. The topological polar surface area (TPSA) is 53.6 Å². The summed E-state index contributed by atoms with van der Waals surface area (Å²) in [5.41, 5.74) is 3.12. The normalized spacial score (nSPS) is 14.2. The van der Waals surface area contributed by atoms with Crippen LogP contribution in [0.2, 0.25) is 5.02 Å². The second-order valence-corrected chi connectivity index (χ2v) is 6.98. The largest absolute Gasteiger partial charge is 0.378 e. The molecule has 0 atom stereocenters. The van der Waals surface area contributed by atoms with Crippen molar-refractivity contribution >= 4 is 28.9 Å². The van der Waals surface area contributed by atoms with Crippen molar-refractivity contribution in [3.63, 3.8) is 0 Å². The lowest BCUT2D eigenvalue weighted by molar-refractivity contribution is -0.116. The third kappa shape index (κ3) is 6.24. The summed E-state index contributed by atoms with van der Waals surface area (Å²) in [6, 6.07) is 15.8. The minimum Gasteiger partial charge on any atom is -0.378 e. The van der Waals surface area contributed by atoms with Crippen molar-refractivity contribution in [2.45, 2.75) is 12.8 Å². The zero-order valence-electron chi connectivity index (χ0n) is 15.4. The lowest BCUT2D eigenvalue weighted by Gasteiger charge is -2.30. The highest BCUT2D eigenvalue weighted by atomic mass is 35.5. The number of anilines is 2. The van der Waals surface area contributed by atoms with E-state index in [1.54, 1.807) is 0 Å². The van der Waals surface area contributed by atoms with Gasteiger partial charge in [-0.05, 0) is 42.8 Å². The molecule has 1 saturated heterocycles. The van der Waals surface area contributed by atoms with E-state index in [0.29, 0.717) is 13.0 Å². The summed E-state index contributed by atoms with van der Waals surface area (Å²) in [5.74, 6) is 0.0194. The summed E-state index contributed by atoms with van der Waals surface area (Å²) < 4.78 is 5.41. The van der Waals surface area contributed by atoms with Crippen LogP contribution in [-0.4, -0.2) is 45.3 Å². The van der Waals surface area contributed by atoms with E-state index in [2.05, 4.69) is 21.6 Å². The van der Waals surface area contributed by atoms with Gasteiger partial charge in [0, 0.05) is 31.1 Å². The Kier molecular flexibility index (Phi) is 7.51. The molecule has 3 rings (SSSR count). The van der Waals surface area contributed by atoms with Crippen LogP contribution in [0.1, 0.15) is 12.0 Å². The smallest absolute Gasteiger partial charge is 0.225 e. The van der Waals surface area contributed by atoms with Crippen LogP contribution in [0.5, 0.6) is 0 Å². The monoisotopic (exact) mass is 387 g/mol. The summed E-state index contributed by atoms with van der Waals surface area (Å²) in [4.78, 5) is 14.6. The van der Waals surface area contributed by atoms with Crippen LogP contribution >= 0.6 is 11.6 Å². The molecule has 0 bridgehead atoms. The van der Waals surface area contributed by atoms with E-state index in [4.69, 9.17) is 16.3 Å². The van der Waals surface area contributed by atoms with Crippen LogP contribution in [0, 0.1) is 0 Å². The predicted octanol–water partition coefficient (Wildman–Crippen LogP) is 3.34. The molecule has 2 aromatic rings. The number of halogens is 1. The Labute approximate surface area is 165 Å². The molecule has 0 aliphatic carbocycles. The van der Waals surface area contributed by atoms with Crippen molar-refractivity contribution in [1.29, 1.82) is 0 Å². The summed E-state index contributed by atoms with van der Waals surface area (Å²) in [7, 11) is 0. The van der Waals surface area contributed by atoms with Crippen molar-refractivity contribution in [3.05, 3.63) is 59.1 Å². The molecule has 0 radical (unpaired) electrons. The maximum Gasteiger partial charge on any atom is 0.225 e. The number of benzene rings is 2. The van der Waals surface area contributed by atoms with E-state index < -0.39 is 0 Å². The maximum atomic E-state index is 12.3. The van der Waals surface area contributed by atoms with Crippen LogP contribution in [0.3, 0.4) is 0 Å². The fourth-order valence-corrected chi connectivity index (χ4v) is 3.34. The molecule has 0 saturated carbocycles. The number of carbonyl (C=O) groups excluding carboxylic acids is 1. The van der Waals surface area contributed by atoms with Crippen molar-refractivity contribution in [3.8, 4) is 0 Å². The number of rotatable bonds is 8. The third-order valence-corrected chi connectivity index (χ3v) is 4.77. The van der Waals surface area contributed by atoms with Crippen molar-refractivity contribution < 1.29 is 9.53 Å². The summed E-state index contributed by atoms with van der Waals surface area (Å²) >= 11 is 5.99. The molecule has 1 fully saturated rings. The second-order valence-electron chi connectivity index (χ2n) is 6.54. The van der Waals surface area contributed by atoms with Crippen LogP contribution < -0.4 is 15.5 Å². The molecule has 1 aliphatic heterocycles. The Bertz CT molecular complexity index is 748. The van der Waals surface area contributed by atoms with E-state index in [1.165, 1.54) is 5.56 Å². The van der Waals surface area contributed by atoms with Gasteiger partial charge in [-0.1, -0.05) is 35.9 Å². The van der Waals surface area contributed by atoms with Crippen LogP contribution in [-0.2, 0) is 16.0 Å². The molecule has 5 nitrogen and oxygen atoms in total. The number of nitrogens with zero attached hydrogens (tertiary/aromatic N) is 1. The van der Waals surface area contributed by atoms with Gasteiger partial charge in [-0.15, -0.1) is 0 Å². The molecule has 1 aliphatic rings. The predicted molar refractivity (Wildman–Crippen MR) is 111 cm³/mol. The number of para-hydroxylation sites is 2. The molecule has 144 valence electrons. The van der Waals surface area contributed by atoms with E-state index in [0.717, 1.165) is 55.7 Å². The first kappa shape index (κ1) is 19.7. The molecule has 1 heterocycles. The first-order chi connectivity index (χ1) is 13.2. The summed E-state index contributed by atoms with van der Waals surface area (Å²) in [5, 5.41) is 7.12. The highest BCUT2D eigenvalue weighted by molar-refractivity contribution is 6.30. The van der Waals surface area contributed by atoms with Gasteiger partial charge in [0.2, 0.25) is 5.91 Å². The van der Waals surface area contributed by atoms with E-state index in [1.807, 2.05) is 42.5 Å². The average Bonchev–Trinajstić information content (AvgIpc) is 2.69. The summed E-state index contributed by atoms with van der Waals surface area (Å²) in [6.45, 7) is 4.59. The quantitative estimate of drug-likeness (QED) is 0.682.